The highest BCUT2D eigenvalue weighted by Crippen LogP contribution is 2.27. The van der Waals surface area contributed by atoms with Gasteiger partial charge >= 0.3 is 0 Å². The number of aryl methyl sites for hydroxylation is 2. The van der Waals surface area contributed by atoms with Crippen LogP contribution in [0.5, 0.6) is 5.75 Å². The molecule has 0 atom stereocenters. The molecule has 2 aromatic carbocycles. The summed E-state index contributed by atoms with van der Waals surface area (Å²) in [5, 5.41) is 2.86. The highest BCUT2D eigenvalue weighted by Gasteiger charge is 2.24. The summed E-state index contributed by atoms with van der Waals surface area (Å²) in [7, 11) is 1.79. The lowest BCUT2D eigenvalue weighted by Gasteiger charge is -2.26. The number of anilines is 1. The van der Waals surface area contributed by atoms with E-state index in [-0.39, 0.29) is 18.4 Å². The van der Waals surface area contributed by atoms with Crippen LogP contribution in [-0.2, 0) is 11.2 Å². The summed E-state index contributed by atoms with van der Waals surface area (Å²) < 4.78 is 5.70. The number of carbonyl (C=O) groups is 2. The zero-order valence-corrected chi connectivity index (χ0v) is 14.8. The molecule has 0 spiro atoms. The molecule has 0 saturated heterocycles. The van der Waals surface area contributed by atoms with Crippen molar-refractivity contribution in [2.75, 3.05) is 25.5 Å². The van der Waals surface area contributed by atoms with E-state index in [0.29, 0.717) is 17.9 Å². The predicted molar refractivity (Wildman–Crippen MR) is 97.1 cm³/mol. The van der Waals surface area contributed by atoms with Gasteiger partial charge in [0.1, 0.15) is 5.75 Å². The van der Waals surface area contributed by atoms with Gasteiger partial charge in [-0.1, -0.05) is 23.8 Å². The molecule has 0 bridgehead atoms. The molecule has 5 nitrogen and oxygen atoms in total. The lowest BCUT2D eigenvalue weighted by molar-refractivity contribution is -0.118. The fraction of sp³-hybridized carbons (Fsp3) is 0.300. The van der Waals surface area contributed by atoms with Gasteiger partial charge in [0.25, 0.3) is 11.8 Å². The molecule has 0 unspecified atom stereocenters. The summed E-state index contributed by atoms with van der Waals surface area (Å²) in [5.74, 6) is 0.380. The Bertz CT molecular complexity index is 830. The van der Waals surface area contributed by atoms with Crippen molar-refractivity contribution >= 4 is 17.5 Å². The van der Waals surface area contributed by atoms with Crippen molar-refractivity contribution in [3.05, 3.63) is 58.7 Å². The van der Waals surface area contributed by atoms with Crippen LogP contribution in [0.1, 0.15) is 27.0 Å². The molecule has 1 N–H and O–H groups in total. The highest BCUT2D eigenvalue weighted by atomic mass is 16.5. The van der Waals surface area contributed by atoms with Crippen molar-refractivity contribution in [3.63, 3.8) is 0 Å². The van der Waals surface area contributed by atoms with E-state index in [1.165, 1.54) is 0 Å². The first-order valence-electron chi connectivity index (χ1n) is 8.33. The topological polar surface area (TPSA) is 58.6 Å². The smallest absolute Gasteiger partial charge is 0.262 e. The van der Waals surface area contributed by atoms with Crippen LogP contribution in [-0.4, -0.2) is 36.9 Å². The number of likely N-dealkylation sites (N-methyl/N-ethyl adjacent to an activating group) is 1. The van der Waals surface area contributed by atoms with Crippen molar-refractivity contribution in [2.24, 2.45) is 0 Å². The molecular weight excluding hydrogens is 316 g/mol. The molecule has 1 heterocycles. The summed E-state index contributed by atoms with van der Waals surface area (Å²) in [5.41, 5.74) is 4.48. The number of ether oxygens (including phenoxy) is 1. The molecule has 130 valence electrons. The number of fused-ring (bicyclic) bond motifs is 1. The maximum atomic E-state index is 12.2. The van der Waals surface area contributed by atoms with Crippen molar-refractivity contribution in [2.45, 2.75) is 20.3 Å². The van der Waals surface area contributed by atoms with Crippen LogP contribution < -0.4 is 10.1 Å². The standard InChI is InChI=1S/C20H22N2O3/c1-13-7-8-17(14(2)11-13)21-19(23)12-25-18-6-4-5-16-15(18)9-10-22(3)20(16)24/h4-8,11H,9-10,12H2,1-3H3,(H,21,23). The maximum Gasteiger partial charge on any atom is 0.262 e. The second kappa shape index (κ2) is 6.97. The van der Waals surface area contributed by atoms with Gasteiger partial charge in [0.2, 0.25) is 0 Å². The third-order valence-corrected chi connectivity index (χ3v) is 4.42. The Morgan fingerprint density at radius 3 is 2.80 bits per heavy atom. The van der Waals surface area contributed by atoms with Gasteiger partial charge in [-0.25, -0.2) is 0 Å². The first kappa shape index (κ1) is 17.0. The lowest BCUT2D eigenvalue weighted by Crippen LogP contribution is -2.34. The zero-order valence-electron chi connectivity index (χ0n) is 14.8. The van der Waals surface area contributed by atoms with E-state index in [9.17, 15) is 9.59 Å². The molecule has 1 aliphatic rings. The van der Waals surface area contributed by atoms with Gasteiger partial charge < -0.3 is 15.0 Å². The van der Waals surface area contributed by atoms with Crippen molar-refractivity contribution in [3.8, 4) is 5.75 Å². The summed E-state index contributed by atoms with van der Waals surface area (Å²) >= 11 is 0. The summed E-state index contributed by atoms with van der Waals surface area (Å²) in [6.07, 6.45) is 0.729. The van der Waals surface area contributed by atoms with Gasteiger partial charge in [-0.15, -0.1) is 0 Å². The Hall–Kier alpha value is -2.82. The Morgan fingerprint density at radius 1 is 1.24 bits per heavy atom. The molecular formula is C20H22N2O3. The number of benzene rings is 2. The van der Waals surface area contributed by atoms with Crippen molar-refractivity contribution in [1.29, 1.82) is 0 Å². The van der Waals surface area contributed by atoms with Crippen LogP contribution in [0.15, 0.2) is 36.4 Å². The summed E-state index contributed by atoms with van der Waals surface area (Å²) in [6.45, 7) is 4.53. The molecule has 0 aliphatic carbocycles. The fourth-order valence-corrected chi connectivity index (χ4v) is 3.03. The zero-order chi connectivity index (χ0) is 18.0. The summed E-state index contributed by atoms with van der Waals surface area (Å²) in [4.78, 5) is 26.1. The normalized spacial score (nSPS) is 13.4. The molecule has 2 amide bonds. The van der Waals surface area contributed by atoms with E-state index in [1.807, 2.05) is 38.1 Å². The molecule has 5 heteroatoms. The maximum absolute atomic E-state index is 12.2. The van der Waals surface area contributed by atoms with E-state index < -0.39 is 0 Å². The average molecular weight is 338 g/mol. The van der Waals surface area contributed by atoms with E-state index in [1.54, 1.807) is 24.1 Å². The predicted octanol–water partition coefficient (Wildman–Crippen LogP) is 2.95. The number of nitrogens with zero attached hydrogens (tertiary/aromatic N) is 1. The quantitative estimate of drug-likeness (QED) is 0.932. The first-order valence-corrected chi connectivity index (χ1v) is 8.33. The number of hydrogen-bond acceptors (Lipinski definition) is 3. The van der Waals surface area contributed by atoms with E-state index in [2.05, 4.69) is 5.32 Å². The van der Waals surface area contributed by atoms with Crippen LogP contribution in [0.2, 0.25) is 0 Å². The Kier molecular flexibility index (Phi) is 4.74. The lowest BCUT2D eigenvalue weighted by atomic mass is 9.98. The molecule has 0 fully saturated rings. The monoisotopic (exact) mass is 338 g/mol. The number of hydrogen-bond donors (Lipinski definition) is 1. The van der Waals surface area contributed by atoms with Gasteiger partial charge in [0.05, 0.1) is 0 Å². The van der Waals surface area contributed by atoms with Crippen molar-refractivity contribution in [1.82, 2.24) is 4.90 Å². The van der Waals surface area contributed by atoms with Gasteiger partial charge in [-0.05, 0) is 44.0 Å². The largest absolute Gasteiger partial charge is 0.483 e. The molecule has 0 aromatic heterocycles. The fourth-order valence-electron chi connectivity index (χ4n) is 3.03. The molecule has 0 saturated carbocycles. The summed E-state index contributed by atoms with van der Waals surface area (Å²) in [6, 6.07) is 11.3. The Labute approximate surface area is 147 Å². The third-order valence-electron chi connectivity index (χ3n) is 4.42. The number of amides is 2. The minimum absolute atomic E-state index is 0.00793. The van der Waals surface area contributed by atoms with Crippen LogP contribution in [0.3, 0.4) is 0 Å². The van der Waals surface area contributed by atoms with Crippen molar-refractivity contribution < 1.29 is 14.3 Å². The molecule has 2 aromatic rings. The number of carbonyl (C=O) groups excluding carboxylic acids is 2. The van der Waals surface area contributed by atoms with Gasteiger partial charge in [0, 0.05) is 30.4 Å². The van der Waals surface area contributed by atoms with E-state index in [4.69, 9.17) is 4.74 Å². The van der Waals surface area contributed by atoms with E-state index in [0.717, 1.165) is 28.8 Å². The minimum atomic E-state index is -0.219. The van der Waals surface area contributed by atoms with Crippen LogP contribution >= 0.6 is 0 Å². The first-order chi connectivity index (χ1) is 12.0. The SMILES string of the molecule is Cc1ccc(NC(=O)COc2cccc3c2CCN(C)C3=O)c(C)c1. The van der Waals surface area contributed by atoms with Crippen LogP contribution in [0, 0.1) is 13.8 Å². The average Bonchev–Trinajstić information content (AvgIpc) is 2.59. The van der Waals surface area contributed by atoms with Gasteiger partial charge in [0.15, 0.2) is 6.61 Å². The molecule has 3 rings (SSSR count). The van der Waals surface area contributed by atoms with E-state index >= 15 is 0 Å². The Balaban J connectivity index is 1.68. The second-order valence-electron chi connectivity index (χ2n) is 6.41. The molecule has 25 heavy (non-hydrogen) atoms. The van der Waals surface area contributed by atoms with Gasteiger partial charge in [-0.3, -0.25) is 9.59 Å². The van der Waals surface area contributed by atoms with Gasteiger partial charge in [-0.2, -0.15) is 0 Å². The second-order valence-corrected chi connectivity index (χ2v) is 6.41. The number of rotatable bonds is 4. The molecule has 0 radical (unpaired) electrons. The Morgan fingerprint density at radius 2 is 2.04 bits per heavy atom. The third kappa shape index (κ3) is 3.65. The van der Waals surface area contributed by atoms with Crippen LogP contribution in [0.4, 0.5) is 5.69 Å². The van der Waals surface area contributed by atoms with Crippen LogP contribution in [0.25, 0.3) is 0 Å². The minimum Gasteiger partial charge on any atom is -0.483 e. The number of nitrogens with one attached hydrogen (secondary N) is 1. The highest BCUT2D eigenvalue weighted by molar-refractivity contribution is 5.97. The molecule has 1 aliphatic heterocycles.